The van der Waals surface area contributed by atoms with Crippen LogP contribution in [0.3, 0.4) is 0 Å². The summed E-state index contributed by atoms with van der Waals surface area (Å²) in [4.78, 5) is 0. The molecule has 0 atom stereocenters. The minimum atomic E-state index is 0.309. The number of rotatable bonds is 8. The molecule has 0 aliphatic carbocycles. The first-order valence-electron chi connectivity index (χ1n) is 7.40. The Bertz CT molecular complexity index is 324. The Hall–Kier alpha value is -0.820. The van der Waals surface area contributed by atoms with Crippen LogP contribution in [-0.2, 0) is 11.8 Å². The van der Waals surface area contributed by atoms with Crippen LogP contribution in [0.4, 0.5) is 0 Å². The Balaban J connectivity index is 2.41. The summed E-state index contributed by atoms with van der Waals surface area (Å²) >= 11 is 0. The van der Waals surface area contributed by atoms with Crippen molar-refractivity contribution in [2.45, 2.75) is 58.8 Å². The van der Waals surface area contributed by atoms with Crippen LogP contribution in [0.2, 0.25) is 0 Å². The van der Waals surface area contributed by atoms with Gasteiger partial charge in [-0.3, -0.25) is 0 Å². The molecule has 0 heterocycles. The maximum atomic E-state index is 3.37. The van der Waals surface area contributed by atoms with Gasteiger partial charge in [-0.15, -0.1) is 0 Å². The van der Waals surface area contributed by atoms with Crippen molar-refractivity contribution in [1.29, 1.82) is 0 Å². The lowest BCUT2D eigenvalue weighted by molar-refractivity contribution is 0.506. The van der Waals surface area contributed by atoms with Crippen molar-refractivity contribution in [3.05, 3.63) is 35.4 Å². The lowest BCUT2D eigenvalue weighted by Gasteiger charge is -2.23. The Morgan fingerprint density at radius 3 is 2.22 bits per heavy atom. The molecular weight excluding hydrogens is 218 g/mol. The second-order valence-corrected chi connectivity index (χ2v) is 5.75. The summed E-state index contributed by atoms with van der Waals surface area (Å²) < 4.78 is 0. The van der Waals surface area contributed by atoms with Crippen molar-refractivity contribution >= 4 is 0 Å². The SMILES string of the molecule is CCNCCCCc1ccc(C(C)(C)CC)cc1. The van der Waals surface area contributed by atoms with Gasteiger partial charge in [-0.2, -0.15) is 0 Å². The molecule has 0 unspecified atom stereocenters. The third-order valence-corrected chi connectivity index (χ3v) is 3.94. The van der Waals surface area contributed by atoms with Crippen LogP contribution in [0, 0.1) is 0 Å². The third kappa shape index (κ3) is 4.81. The fraction of sp³-hybridized carbons (Fsp3) is 0.647. The Morgan fingerprint density at radius 1 is 1.00 bits per heavy atom. The van der Waals surface area contributed by atoms with Gasteiger partial charge in [-0.05, 0) is 55.3 Å². The largest absolute Gasteiger partial charge is 0.317 e. The topological polar surface area (TPSA) is 12.0 Å². The third-order valence-electron chi connectivity index (χ3n) is 3.94. The minimum Gasteiger partial charge on any atom is -0.317 e. The summed E-state index contributed by atoms with van der Waals surface area (Å²) in [7, 11) is 0. The zero-order valence-corrected chi connectivity index (χ0v) is 12.6. The van der Waals surface area contributed by atoms with Crippen molar-refractivity contribution < 1.29 is 0 Å². The van der Waals surface area contributed by atoms with E-state index in [2.05, 4.69) is 57.3 Å². The van der Waals surface area contributed by atoms with E-state index in [4.69, 9.17) is 0 Å². The van der Waals surface area contributed by atoms with Gasteiger partial charge in [0, 0.05) is 0 Å². The summed E-state index contributed by atoms with van der Waals surface area (Å²) in [5.74, 6) is 0. The first-order valence-corrected chi connectivity index (χ1v) is 7.40. The highest BCUT2D eigenvalue weighted by Gasteiger charge is 2.17. The molecule has 0 aliphatic rings. The fourth-order valence-corrected chi connectivity index (χ4v) is 2.08. The summed E-state index contributed by atoms with van der Waals surface area (Å²) in [6.45, 7) is 11.3. The molecule has 102 valence electrons. The van der Waals surface area contributed by atoms with Crippen molar-refractivity contribution in [2.24, 2.45) is 0 Å². The van der Waals surface area contributed by atoms with Gasteiger partial charge in [0.25, 0.3) is 0 Å². The van der Waals surface area contributed by atoms with Gasteiger partial charge < -0.3 is 5.32 Å². The smallest absolute Gasteiger partial charge is 0.00489 e. The van der Waals surface area contributed by atoms with Crippen LogP contribution in [0.25, 0.3) is 0 Å². The van der Waals surface area contributed by atoms with E-state index in [-0.39, 0.29) is 0 Å². The molecule has 0 radical (unpaired) electrons. The van der Waals surface area contributed by atoms with Crippen molar-refractivity contribution in [3.8, 4) is 0 Å². The normalized spacial score (nSPS) is 11.8. The van der Waals surface area contributed by atoms with Crippen LogP contribution >= 0.6 is 0 Å². The molecule has 1 heteroatoms. The number of nitrogens with one attached hydrogen (secondary N) is 1. The van der Waals surface area contributed by atoms with E-state index in [0.29, 0.717) is 5.41 Å². The number of unbranched alkanes of at least 4 members (excludes halogenated alkanes) is 1. The standard InChI is InChI=1S/C17H29N/c1-5-17(3,4)16-12-10-15(11-13-16)9-7-8-14-18-6-2/h10-13,18H,5-9,14H2,1-4H3. The van der Waals surface area contributed by atoms with E-state index in [1.54, 1.807) is 0 Å². The summed E-state index contributed by atoms with van der Waals surface area (Å²) in [6.07, 6.45) is 4.95. The number of hydrogen-bond donors (Lipinski definition) is 1. The second kappa shape index (κ2) is 7.58. The zero-order chi connectivity index (χ0) is 13.4. The van der Waals surface area contributed by atoms with Gasteiger partial charge >= 0.3 is 0 Å². The highest BCUT2D eigenvalue weighted by Crippen LogP contribution is 2.26. The Morgan fingerprint density at radius 2 is 1.67 bits per heavy atom. The fourth-order valence-electron chi connectivity index (χ4n) is 2.08. The van der Waals surface area contributed by atoms with Gasteiger partial charge in [-0.1, -0.05) is 52.0 Å². The van der Waals surface area contributed by atoms with Crippen molar-refractivity contribution in [2.75, 3.05) is 13.1 Å². The lowest BCUT2D eigenvalue weighted by Crippen LogP contribution is -2.15. The maximum absolute atomic E-state index is 3.37. The molecule has 1 rings (SSSR count). The van der Waals surface area contributed by atoms with E-state index in [0.717, 1.165) is 13.1 Å². The number of aryl methyl sites for hydroxylation is 1. The minimum absolute atomic E-state index is 0.309. The molecule has 0 aliphatic heterocycles. The summed E-state index contributed by atoms with van der Waals surface area (Å²) in [5, 5.41) is 3.37. The zero-order valence-electron chi connectivity index (χ0n) is 12.6. The molecule has 0 amide bonds. The van der Waals surface area contributed by atoms with Gasteiger partial charge in [-0.25, -0.2) is 0 Å². The van der Waals surface area contributed by atoms with E-state index in [1.807, 2.05) is 0 Å². The van der Waals surface area contributed by atoms with Gasteiger partial charge in [0.05, 0.1) is 0 Å². The molecule has 1 aromatic rings. The van der Waals surface area contributed by atoms with E-state index in [1.165, 1.54) is 36.8 Å². The van der Waals surface area contributed by atoms with Crippen molar-refractivity contribution in [3.63, 3.8) is 0 Å². The van der Waals surface area contributed by atoms with E-state index in [9.17, 15) is 0 Å². The van der Waals surface area contributed by atoms with Crippen LogP contribution in [-0.4, -0.2) is 13.1 Å². The predicted molar refractivity (Wildman–Crippen MR) is 81.2 cm³/mol. The van der Waals surface area contributed by atoms with Gasteiger partial charge in [0.15, 0.2) is 0 Å². The number of hydrogen-bond acceptors (Lipinski definition) is 1. The molecule has 0 fully saturated rings. The predicted octanol–water partition coefficient (Wildman–Crippen LogP) is 4.31. The molecule has 0 bridgehead atoms. The van der Waals surface area contributed by atoms with Crippen LogP contribution < -0.4 is 5.32 Å². The van der Waals surface area contributed by atoms with Crippen LogP contribution in [0.15, 0.2) is 24.3 Å². The molecule has 0 saturated heterocycles. The first-order chi connectivity index (χ1) is 8.60. The molecular formula is C17H29N. The van der Waals surface area contributed by atoms with E-state index < -0.39 is 0 Å². The monoisotopic (exact) mass is 247 g/mol. The summed E-state index contributed by atoms with van der Waals surface area (Å²) in [6, 6.07) is 9.23. The second-order valence-electron chi connectivity index (χ2n) is 5.75. The molecule has 0 aromatic heterocycles. The maximum Gasteiger partial charge on any atom is -0.00489 e. The van der Waals surface area contributed by atoms with Crippen LogP contribution in [0.5, 0.6) is 0 Å². The molecule has 0 saturated carbocycles. The highest BCUT2D eigenvalue weighted by molar-refractivity contribution is 5.28. The quantitative estimate of drug-likeness (QED) is 0.675. The van der Waals surface area contributed by atoms with E-state index >= 15 is 0 Å². The van der Waals surface area contributed by atoms with Crippen LogP contribution in [0.1, 0.15) is 58.1 Å². The Kier molecular flexibility index (Phi) is 6.42. The average molecular weight is 247 g/mol. The molecule has 1 N–H and O–H groups in total. The number of benzene rings is 1. The Labute approximate surface area is 113 Å². The average Bonchev–Trinajstić information content (AvgIpc) is 2.39. The van der Waals surface area contributed by atoms with Gasteiger partial charge in [0.2, 0.25) is 0 Å². The molecule has 18 heavy (non-hydrogen) atoms. The van der Waals surface area contributed by atoms with Gasteiger partial charge in [0.1, 0.15) is 0 Å². The lowest BCUT2D eigenvalue weighted by atomic mass is 9.82. The first kappa shape index (κ1) is 15.2. The summed E-state index contributed by atoms with van der Waals surface area (Å²) in [5.41, 5.74) is 3.24. The molecule has 1 aromatic carbocycles. The molecule has 1 nitrogen and oxygen atoms in total. The molecule has 0 spiro atoms. The van der Waals surface area contributed by atoms with Crippen molar-refractivity contribution in [1.82, 2.24) is 5.32 Å². The highest BCUT2D eigenvalue weighted by atomic mass is 14.8.